The second kappa shape index (κ2) is 9.81. The third-order valence-corrected chi connectivity index (χ3v) is 10.5. The highest BCUT2D eigenvalue weighted by molar-refractivity contribution is 5.72. The third kappa shape index (κ3) is 4.07. The topological polar surface area (TPSA) is 110 Å². The molecular formula is C29H42O9. The van der Waals surface area contributed by atoms with Crippen molar-refractivity contribution in [3.05, 3.63) is 12.3 Å². The molecule has 5 aliphatic rings. The van der Waals surface area contributed by atoms with Crippen LogP contribution in [0.2, 0.25) is 0 Å². The highest BCUT2D eigenvalue weighted by atomic mass is 16.7. The fraction of sp³-hybridized carbons (Fsp3) is 0.828. The predicted octanol–water partition coefficient (Wildman–Crippen LogP) is 3.93. The first-order valence-corrected chi connectivity index (χ1v) is 14.1. The van der Waals surface area contributed by atoms with Crippen molar-refractivity contribution < 1.29 is 42.8 Å². The van der Waals surface area contributed by atoms with E-state index in [9.17, 15) is 14.4 Å². The van der Waals surface area contributed by atoms with Crippen LogP contribution in [-0.2, 0) is 42.8 Å². The van der Waals surface area contributed by atoms with E-state index < -0.39 is 35.2 Å². The lowest BCUT2D eigenvalue weighted by molar-refractivity contribution is -0.269. The van der Waals surface area contributed by atoms with Gasteiger partial charge in [-0.25, -0.2) is 0 Å². The number of rotatable bonds is 7. The van der Waals surface area contributed by atoms with Crippen LogP contribution >= 0.6 is 0 Å². The van der Waals surface area contributed by atoms with Gasteiger partial charge in [-0.3, -0.25) is 14.4 Å². The largest absolute Gasteiger partial charge is 0.472 e. The summed E-state index contributed by atoms with van der Waals surface area (Å²) in [6.45, 7) is 11.4. The average molecular weight is 535 g/mol. The van der Waals surface area contributed by atoms with Crippen molar-refractivity contribution in [3.63, 3.8) is 0 Å². The lowest BCUT2D eigenvalue weighted by atomic mass is 9.42. The molecule has 0 aromatic carbocycles. The second-order valence-corrected chi connectivity index (χ2v) is 12.3. The summed E-state index contributed by atoms with van der Waals surface area (Å²) in [6, 6.07) is 0. The molecule has 212 valence electrons. The van der Waals surface area contributed by atoms with Crippen LogP contribution in [0.1, 0.15) is 73.6 Å². The number of esters is 3. The van der Waals surface area contributed by atoms with E-state index in [0.29, 0.717) is 32.3 Å². The van der Waals surface area contributed by atoms with E-state index in [1.807, 2.05) is 13.8 Å². The van der Waals surface area contributed by atoms with Gasteiger partial charge in [0.25, 0.3) is 0 Å². The van der Waals surface area contributed by atoms with E-state index >= 15 is 0 Å². The van der Waals surface area contributed by atoms with Crippen molar-refractivity contribution >= 4 is 17.9 Å². The van der Waals surface area contributed by atoms with Crippen molar-refractivity contribution in [2.45, 2.75) is 104 Å². The summed E-state index contributed by atoms with van der Waals surface area (Å²) in [6.07, 6.45) is 5.62. The van der Waals surface area contributed by atoms with Crippen LogP contribution in [0.4, 0.5) is 0 Å². The van der Waals surface area contributed by atoms with Crippen molar-refractivity contribution in [1.82, 2.24) is 0 Å². The highest BCUT2D eigenvalue weighted by Gasteiger charge is 2.80. The summed E-state index contributed by atoms with van der Waals surface area (Å²) < 4.78 is 36.5. The Kier molecular flexibility index (Phi) is 7.08. The maximum atomic E-state index is 13.0. The molecule has 2 aliphatic carbocycles. The number of epoxide rings is 1. The van der Waals surface area contributed by atoms with Crippen molar-refractivity contribution in [3.8, 4) is 0 Å². The average Bonchev–Trinajstić information content (AvgIpc) is 3.35. The molecule has 3 aliphatic heterocycles. The van der Waals surface area contributed by atoms with Gasteiger partial charge < -0.3 is 28.4 Å². The van der Waals surface area contributed by atoms with E-state index in [1.54, 1.807) is 6.26 Å². The number of fused-ring (bicyclic) bond motifs is 3. The second-order valence-electron chi connectivity index (χ2n) is 12.3. The number of hydrogen-bond donors (Lipinski definition) is 0. The lowest BCUT2D eigenvalue weighted by Crippen LogP contribution is -2.72. The number of carbonyl (C=O) groups excluding carboxylic acids is 3. The standard InChI is InChI=1S/C29H42O9/c1-7-16(2)25(32)37-22-9-8-21-27(6,23-13-20-10-11-33-26(20)38-23)17(3)12-24(36-19(5)31)28(21,14-34-18(4)30)29(22)15-35-29/h10-11,16-17,20-24,26H,7-9,12-15H2,1-6H3. The van der Waals surface area contributed by atoms with E-state index in [0.717, 1.165) is 6.42 Å². The minimum absolute atomic E-state index is 0.0145. The summed E-state index contributed by atoms with van der Waals surface area (Å²) in [5, 5.41) is 0. The summed E-state index contributed by atoms with van der Waals surface area (Å²) in [5.41, 5.74) is -2.17. The van der Waals surface area contributed by atoms with Gasteiger partial charge in [0.2, 0.25) is 6.29 Å². The van der Waals surface area contributed by atoms with E-state index in [1.165, 1.54) is 13.8 Å². The molecule has 0 radical (unpaired) electrons. The van der Waals surface area contributed by atoms with Crippen LogP contribution in [0.15, 0.2) is 12.3 Å². The molecule has 0 bridgehead atoms. The third-order valence-electron chi connectivity index (χ3n) is 10.5. The van der Waals surface area contributed by atoms with Gasteiger partial charge in [0.1, 0.15) is 24.4 Å². The van der Waals surface area contributed by atoms with Gasteiger partial charge in [-0.2, -0.15) is 0 Å². The number of carbonyl (C=O) groups is 3. The summed E-state index contributed by atoms with van der Waals surface area (Å²) >= 11 is 0. The zero-order chi connectivity index (χ0) is 27.5. The molecule has 11 unspecified atom stereocenters. The van der Waals surface area contributed by atoms with Crippen LogP contribution in [0.3, 0.4) is 0 Å². The molecule has 9 heteroatoms. The lowest BCUT2D eigenvalue weighted by Gasteiger charge is -2.64. The molecule has 0 aromatic heterocycles. The molecular weight excluding hydrogens is 492 g/mol. The maximum absolute atomic E-state index is 13.0. The van der Waals surface area contributed by atoms with Gasteiger partial charge in [-0.15, -0.1) is 0 Å². The Hall–Kier alpha value is -2.13. The molecule has 0 N–H and O–H groups in total. The number of hydrogen-bond acceptors (Lipinski definition) is 9. The zero-order valence-electron chi connectivity index (χ0n) is 23.4. The van der Waals surface area contributed by atoms with Crippen LogP contribution in [0.25, 0.3) is 0 Å². The van der Waals surface area contributed by atoms with Gasteiger partial charge in [-0.1, -0.05) is 27.7 Å². The Bertz CT molecular complexity index is 989. The molecule has 1 spiro atoms. The zero-order valence-corrected chi connectivity index (χ0v) is 23.4. The van der Waals surface area contributed by atoms with E-state index in [2.05, 4.69) is 19.9 Å². The first-order chi connectivity index (χ1) is 18.0. The van der Waals surface area contributed by atoms with Crippen LogP contribution in [0.5, 0.6) is 0 Å². The van der Waals surface area contributed by atoms with Gasteiger partial charge in [0.05, 0.1) is 30.3 Å². The van der Waals surface area contributed by atoms with E-state index in [-0.39, 0.29) is 54.1 Å². The number of ether oxygens (including phenoxy) is 6. The molecule has 3 heterocycles. The SMILES string of the molecule is CCC(C)C(=O)OC1CCC2C(C)(C3CC4C=COC4O3)C(C)CC(OC(C)=O)C2(COC(C)=O)C12CO2. The normalized spacial score (nSPS) is 45.5. The Morgan fingerprint density at radius 3 is 2.42 bits per heavy atom. The Labute approximate surface area is 224 Å². The molecule has 0 amide bonds. The first-order valence-electron chi connectivity index (χ1n) is 14.1. The van der Waals surface area contributed by atoms with Gasteiger partial charge in [0.15, 0.2) is 0 Å². The summed E-state index contributed by atoms with van der Waals surface area (Å²) in [4.78, 5) is 37.6. The minimum Gasteiger partial charge on any atom is -0.472 e. The smallest absolute Gasteiger partial charge is 0.309 e. The van der Waals surface area contributed by atoms with Crippen molar-refractivity contribution in [2.75, 3.05) is 13.2 Å². The van der Waals surface area contributed by atoms with Gasteiger partial charge in [-0.05, 0) is 50.0 Å². The Balaban J connectivity index is 1.59. The fourth-order valence-electron chi connectivity index (χ4n) is 8.04. The van der Waals surface area contributed by atoms with Crippen LogP contribution < -0.4 is 0 Å². The van der Waals surface area contributed by atoms with Gasteiger partial charge >= 0.3 is 17.9 Å². The quantitative estimate of drug-likeness (QED) is 0.273. The first kappa shape index (κ1) is 27.4. The van der Waals surface area contributed by atoms with Crippen LogP contribution in [-0.4, -0.2) is 61.3 Å². The van der Waals surface area contributed by atoms with E-state index in [4.69, 9.17) is 28.4 Å². The highest BCUT2D eigenvalue weighted by Crippen LogP contribution is 2.70. The monoisotopic (exact) mass is 534 g/mol. The summed E-state index contributed by atoms with van der Waals surface area (Å²) in [7, 11) is 0. The minimum atomic E-state index is -0.916. The molecule has 4 fully saturated rings. The molecule has 9 nitrogen and oxygen atoms in total. The Morgan fingerprint density at radius 1 is 1.08 bits per heavy atom. The molecule has 2 saturated carbocycles. The maximum Gasteiger partial charge on any atom is 0.309 e. The fourth-order valence-corrected chi connectivity index (χ4v) is 8.04. The Morgan fingerprint density at radius 2 is 1.82 bits per heavy atom. The van der Waals surface area contributed by atoms with Crippen LogP contribution in [0, 0.1) is 34.5 Å². The van der Waals surface area contributed by atoms with Crippen molar-refractivity contribution in [2.24, 2.45) is 34.5 Å². The molecule has 11 atom stereocenters. The summed E-state index contributed by atoms with van der Waals surface area (Å²) in [5.74, 6) is -1.08. The van der Waals surface area contributed by atoms with Gasteiger partial charge in [0, 0.05) is 25.2 Å². The molecule has 0 aromatic rings. The molecule has 2 saturated heterocycles. The molecule has 38 heavy (non-hydrogen) atoms. The predicted molar refractivity (Wildman–Crippen MR) is 134 cm³/mol. The molecule has 5 rings (SSSR count). The van der Waals surface area contributed by atoms with Crippen molar-refractivity contribution in [1.29, 1.82) is 0 Å².